The standard InChI is InChI=1S/C33H32BrNO4/c1-33(2,3)23-8-19-29(30(34)20-23)32(37)21-31(36)22-6-9-24(10-7-22)35(25-11-15-27(38-4)16-12-25)26-13-17-28(39-5)18-14-26/h6-20H,21H2,1-5H3. The normalized spacial score (nSPS) is 11.1. The van der Waals surface area contributed by atoms with Crippen molar-refractivity contribution in [2.24, 2.45) is 0 Å². The Morgan fingerprint density at radius 3 is 1.56 bits per heavy atom. The van der Waals surface area contributed by atoms with Gasteiger partial charge in [0.05, 0.1) is 20.6 Å². The van der Waals surface area contributed by atoms with Crippen LogP contribution in [0.25, 0.3) is 0 Å². The van der Waals surface area contributed by atoms with E-state index in [9.17, 15) is 9.59 Å². The smallest absolute Gasteiger partial charge is 0.171 e. The maximum absolute atomic E-state index is 13.1. The molecule has 0 spiro atoms. The van der Waals surface area contributed by atoms with Crippen LogP contribution in [0, 0.1) is 0 Å². The van der Waals surface area contributed by atoms with Gasteiger partial charge in [-0.25, -0.2) is 0 Å². The number of ketones is 2. The topological polar surface area (TPSA) is 55.8 Å². The number of Topliss-reactive ketones (excluding diaryl/α,β-unsaturated/α-hetero) is 2. The molecule has 0 N–H and O–H groups in total. The number of carbonyl (C=O) groups excluding carboxylic acids is 2. The van der Waals surface area contributed by atoms with Crippen LogP contribution >= 0.6 is 15.9 Å². The highest BCUT2D eigenvalue weighted by Crippen LogP contribution is 2.36. The van der Waals surface area contributed by atoms with Gasteiger partial charge in [-0.1, -0.05) is 42.8 Å². The van der Waals surface area contributed by atoms with Crippen molar-refractivity contribution in [3.8, 4) is 11.5 Å². The molecule has 0 atom stereocenters. The average molecular weight is 587 g/mol. The number of carbonyl (C=O) groups is 2. The number of nitrogens with zero attached hydrogens (tertiary/aromatic N) is 1. The molecule has 0 bridgehead atoms. The van der Waals surface area contributed by atoms with Crippen molar-refractivity contribution >= 4 is 44.6 Å². The summed E-state index contributed by atoms with van der Waals surface area (Å²) in [5.41, 5.74) is 4.81. The van der Waals surface area contributed by atoms with Crippen molar-refractivity contribution in [3.63, 3.8) is 0 Å². The van der Waals surface area contributed by atoms with Crippen LogP contribution in [0.15, 0.2) is 95.5 Å². The summed E-state index contributed by atoms with van der Waals surface area (Å²) < 4.78 is 11.3. The third-order valence-corrected chi connectivity index (χ3v) is 7.22. The first-order chi connectivity index (χ1) is 18.6. The van der Waals surface area contributed by atoms with E-state index < -0.39 is 0 Å². The summed E-state index contributed by atoms with van der Waals surface area (Å²) in [5.74, 6) is 1.09. The highest BCUT2D eigenvalue weighted by molar-refractivity contribution is 9.10. The lowest BCUT2D eigenvalue weighted by molar-refractivity contribution is 0.0894. The van der Waals surface area contributed by atoms with Crippen molar-refractivity contribution in [2.45, 2.75) is 32.6 Å². The maximum atomic E-state index is 13.1. The number of benzene rings is 4. The van der Waals surface area contributed by atoms with Gasteiger partial charge in [0.1, 0.15) is 11.5 Å². The maximum Gasteiger partial charge on any atom is 0.171 e. The average Bonchev–Trinajstić information content (AvgIpc) is 2.93. The lowest BCUT2D eigenvalue weighted by Gasteiger charge is -2.26. The third kappa shape index (κ3) is 6.58. The Morgan fingerprint density at radius 1 is 0.692 bits per heavy atom. The summed E-state index contributed by atoms with van der Waals surface area (Å²) in [6, 6.07) is 28.5. The minimum atomic E-state index is -0.223. The van der Waals surface area contributed by atoms with E-state index in [-0.39, 0.29) is 23.4 Å². The fourth-order valence-electron chi connectivity index (χ4n) is 4.26. The second kappa shape index (κ2) is 11.9. The van der Waals surface area contributed by atoms with Gasteiger partial charge in [-0.05, 0) is 95.9 Å². The molecule has 4 aromatic carbocycles. The largest absolute Gasteiger partial charge is 0.497 e. The molecule has 0 saturated heterocycles. The number of anilines is 3. The molecule has 4 rings (SSSR count). The Morgan fingerprint density at radius 2 is 1.15 bits per heavy atom. The molecule has 0 unspecified atom stereocenters. The van der Waals surface area contributed by atoms with Crippen molar-refractivity contribution in [1.82, 2.24) is 0 Å². The predicted octanol–water partition coefficient (Wildman–Crippen LogP) is 8.69. The number of hydrogen-bond acceptors (Lipinski definition) is 5. The van der Waals surface area contributed by atoms with E-state index in [0.717, 1.165) is 34.1 Å². The fourth-order valence-corrected chi connectivity index (χ4v) is 4.86. The lowest BCUT2D eigenvalue weighted by atomic mass is 9.86. The van der Waals surface area contributed by atoms with Gasteiger partial charge in [-0.2, -0.15) is 0 Å². The predicted molar refractivity (Wildman–Crippen MR) is 160 cm³/mol. The van der Waals surface area contributed by atoms with Gasteiger partial charge in [0, 0.05) is 32.7 Å². The Bertz CT molecular complexity index is 1410. The van der Waals surface area contributed by atoms with E-state index in [0.29, 0.717) is 15.6 Å². The van der Waals surface area contributed by atoms with Crippen molar-refractivity contribution in [1.29, 1.82) is 0 Å². The van der Waals surface area contributed by atoms with Gasteiger partial charge in [-0.3, -0.25) is 9.59 Å². The fraction of sp³-hybridized carbons (Fsp3) is 0.212. The first-order valence-electron chi connectivity index (χ1n) is 12.7. The van der Waals surface area contributed by atoms with Crippen LogP contribution in [0.4, 0.5) is 17.1 Å². The molecule has 0 aliphatic rings. The molecule has 0 amide bonds. The monoisotopic (exact) mass is 585 g/mol. The molecule has 0 radical (unpaired) electrons. The summed E-state index contributed by atoms with van der Waals surface area (Å²) in [5, 5.41) is 0. The molecule has 0 aliphatic carbocycles. The van der Waals surface area contributed by atoms with Gasteiger partial charge in [0.2, 0.25) is 0 Å². The molecular weight excluding hydrogens is 554 g/mol. The second-order valence-corrected chi connectivity index (χ2v) is 11.1. The van der Waals surface area contributed by atoms with Crippen LogP contribution < -0.4 is 14.4 Å². The first kappa shape index (κ1) is 28.1. The van der Waals surface area contributed by atoms with E-state index in [1.807, 2.05) is 72.8 Å². The first-order valence-corrected chi connectivity index (χ1v) is 13.4. The van der Waals surface area contributed by atoms with E-state index >= 15 is 0 Å². The molecule has 200 valence electrons. The van der Waals surface area contributed by atoms with Crippen LogP contribution in [0.3, 0.4) is 0 Å². The lowest BCUT2D eigenvalue weighted by Crippen LogP contribution is -2.13. The number of methoxy groups -OCH3 is 2. The highest BCUT2D eigenvalue weighted by atomic mass is 79.9. The Balaban J connectivity index is 1.57. The summed E-state index contributed by atoms with van der Waals surface area (Å²) in [4.78, 5) is 28.1. The molecule has 6 heteroatoms. The van der Waals surface area contributed by atoms with Crippen LogP contribution in [0.1, 0.15) is 53.5 Å². The van der Waals surface area contributed by atoms with Crippen molar-refractivity contribution < 1.29 is 19.1 Å². The van der Waals surface area contributed by atoms with Crippen molar-refractivity contribution in [2.75, 3.05) is 19.1 Å². The van der Waals surface area contributed by atoms with Crippen LogP contribution in [0.2, 0.25) is 0 Å². The number of rotatable bonds is 9. The third-order valence-electron chi connectivity index (χ3n) is 6.57. The summed E-state index contributed by atoms with van der Waals surface area (Å²) in [6.45, 7) is 6.36. The minimum absolute atomic E-state index is 0.0345. The molecule has 5 nitrogen and oxygen atoms in total. The van der Waals surface area contributed by atoms with Gasteiger partial charge >= 0.3 is 0 Å². The molecule has 4 aromatic rings. The van der Waals surface area contributed by atoms with Crippen LogP contribution in [-0.2, 0) is 5.41 Å². The molecule has 0 heterocycles. The van der Waals surface area contributed by atoms with Gasteiger partial charge in [0.15, 0.2) is 11.6 Å². The molecule has 0 fully saturated rings. The quantitative estimate of drug-likeness (QED) is 0.145. The van der Waals surface area contributed by atoms with E-state index in [1.165, 1.54) is 0 Å². The SMILES string of the molecule is COc1ccc(N(c2ccc(OC)cc2)c2ccc(C(=O)CC(=O)c3ccc(C(C)(C)C)cc3Br)cc2)cc1. The molecule has 39 heavy (non-hydrogen) atoms. The molecular formula is C33H32BrNO4. The Hall–Kier alpha value is -3.90. The molecule has 0 aromatic heterocycles. The van der Waals surface area contributed by atoms with E-state index in [2.05, 4.69) is 41.6 Å². The number of halogens is 1. The molecule has 0 aliphatic heterocycles. The zero-order chi connectivity index (χ0) is 28.2. The van der Waals surface area contributed by atoms with Gasteiger partial charge in [-0.15, -0.1) is 0 Å². The number of ether oxygens (including phenoxy) is 2. The number of hydrogen-bond donors (Lipinski definition) is 0. The minimum Gasteiger partial charge on any atom is -0.497 e. The Labute approximate surface area is 238 Å². The van der Waals surface area contributed by atoms with Crippen LogP contribution in [0.5, 0.6) is 11.5 Å². The van der Waals surface area contributed by atoms with Gasteiger partial charge < -0.3 is 14.4 Å². The van der Waals surface area contributed by atoms with Crippen molar-refractivity contribution in [3.05, 3.63) is 112 Å². The van der Waals surface area contributed by atoms with Crippen LogP contribution in [-0.4, -0.2) is 25.8 Å². The Kier molecular flexibility index (Phi) is 8.56. The summed E-state index contributed by atoms with van der Waals surface area (Å²) in [7, 11) is 3.27. The van der Waals surface area contributed by atoms with E-state index in [4.69, 9.17) is 9.47 Å². The highest BCUT2D eigenvalue weighted by Gasteiger charge is 2.20. The zero-order valence-corrected chi connectivity index (χ0v) is 24.4. The summed E-state index contributed by atoms with van der Waals surface area (Å²) in [6.07, 6.45) is -0.201. The zero-order valence-electron chi connectivity index (χ0n) is 22.8. The van der Waals surface area contributed by atoms with E-state index in [1.54, 1.807) is 32.4 Å². The molecule has 0 saturated carbocycles. The second-order valence-electron chi connectivity index (χ2n) is 10.2. The van der Waals surface area contributed by atoms with Gasteiger partial charge in [0.25, 0.3) is 0 Å². The summed E-state index contributed by atoms with van der Waals surface area (Å²) >= 11 is 3.52.